The molecule has 0 amide bonds. The standard InChI is InChI=1S/C13H13F2N3O3/c1-7(2)11-10(12(19)20)16-17-18(11)8-3-5-9(6-4-8)21-13(14)15/h3-7,13H,1-2H3,(H,19,20). The van der Waals surface area contributed by atoms with Gasteiger partial charge in [-0.2, -0.15) is 8.78 Å². The van der Waals surface area contributed by atoms with Gasteiger partial charge in [-0.3, -0.25) is 0 Å². The second-order valence-corrected chi connectivity index (χ2v) is 4.57. The number of aromatic carboxylic acids is 1. The van der Waals surface area contributed by atoms with Crippen molar-refractivity contribution in [1.29, 1.82) is 0 Å². The summed E-state index contributed by atoms with van der Waals surface area (Å²) in [7, 11) is 0. The third-order valence-electron chi connectivity index (χ3n) is 2.76. The quantitative estimate of drug-likeness (QED) is 0.918. The van der Waals surface area contributed by atoms with Crippen LogP contribution in [0.25, 0.3) is 5.69 Å². The number of benzene rings is 1. The largest absolute Gasteiger partial charge is 0.476 e. The number of hydrogen-bond donors (Lipinski definition) is 1. The van der Waals surface area contributed by atoms with Gasteiger partial charge < -0.3 is 9.84 Å². The average molecular weight is 297 g/mol. The third-order valence-corrected chi connectivity index (χ3v) is 2.76. The van der Waals surface area contributed by atoms with Crippen LogP contribution in [0.5, 0.6) is 5.75 Å². The number of hydrogen-bond acceptors (Lipinski definition) is 4. The van der Waals surface area contributed by atoms with Crippen LogP contribution < -0.4 is 4.74 Å². The minimum Gasteiger partial charge on any atom is -0.476 e. The van der Waals surface area contributed by atoms with Crippen LogP contribution in [0.1, 0.15) is 35.9 Å². The Kier molecular flexibility index (Phi) is 4.15. The number of halogens is 2. The van der Waals surface area contributed by atoms with E-state index in [2.05, 4.69) is 15.0 Å². The van der Waals surface area contributed by atoms with E-state index in [1.54, 1.807) is 0 Å². The number of carbonyl (C=O) groups is 1. The van der Waals surface area contributed by atoms with Gasteiger partial charge in [-0.1, -0.05) is 19.1 Å². The van der Waals surface area contributed by atoms with Crippen molar-refractivity contribution in [3.63, 3.8) is 0 Å². The van der Waals surface area contributed by atoms with Gasteiger partial charge >= 0.3 is 12.6 Å². The highest BCUT2D eigenvalue weighted by Gasteiger charge is 2.22. The van der Waals surface area contributed by atoms with Crippen LogP contribution in [0, 0.1) is 0 Å². The van der Waals surface area contributed by atoms with Crippen LogP contribution >= 0.6 is 0 Å². The molecule has 0 fully saturated rings. The maximum atomic E-state index is 12.1. The molecule has 1 N–H and O–H groups in total. The molecule has 0 aliphatic rings. The fourth-order valence-electron chi connectivity index (χ4n) is 1.92. The van der Waals surface area contributed by atoms with E-state index in [4.69, 9.17) is 5.11 Å². The predicted molar refractivity (Wildman–Crippen MR) is 69.0 cm³/mol. The number of aromatic nitrogens is 3. The lowest BCUT2D eigenvalue weighted by Gasteiger charge is -2.10. The summed E-state index contributed by atoms with van der Waals surface area (Å²) in [6.07, 6.45) is 0. The lowest BCUT2D eigenvalue weighted by Crippen LogP contribution is -2.08. The molecule has 2 aromatic rings. The fraction of sp³-hybridized carbons (Fsp3) is 0.308. The first kappa shape index (κ1) is 14.9. The van der Waals surface area contributed by atoms with Crippen LogP contribution in [0.3, 0.4) is 0 Å². The first-order chi connectivity index (χ1) is 9.90. The van der Waals surface area contributed by atoms with Gasteiger partial charge in [0.25, 0.3) is 0 Å². The summed E-state index contributed by atoms with van der Waals surface area (Å²) in [6, 6.07) is 5.72. The highest BCUT2D eigenvalue weighted by Crippen LogP contribution is 2.23. The van der Waals surface area contributed by atoms with E-state index in [-0.39, 0.29) is 17.4 Å². The first-order valence-electron chi connectivity index (χ1n) is 6.14. The van der Waals surface area contributed by atoms with Crippen LogP contribution in [-0.2, 0) is 0 Å². The van der Waals surface area contributed by atoms with Gasteiger partial charge in [-0.05, 0) is 30.2 Å². The minimum absolute atomic E-state index is 0.0124. The van der Waals surface area contributed by atoms with Gasteiger partial charge in [0.2, 0.25) is 0 Å². The van der Waals surface area contributed by atoms with E-state index < -0.39 is 12.6 Å². The molecule has 0 spiro atoms. The van der Waals surface area contributed by atoms with E-state index in [0.29, 0.717) is 11.4 Å². The van der Waals surface area contributed by atoms with E-state index in [1.165, 1.54) is 28.9 Å². The monoisotopic (exact) mass is 297 g/mol. The molecular formula is C13H13F2N3O3. The van der Waals surface area contributed by atoms with Gasteiger partial charge in [-0.25, -0.2) is 9.48 Å². The predicted octanol–water partition coefficient (Wildman–Crippen LogP) is 2.69. The number of rotatable bonds is 5. The normalized spacial score (nSPS) is 11.1. The second-order valence-electron chi connectivity index (χ2n) is 4.57. The molecule has 6 nitrogen and oxygen atoms in total. The highest BCUT2D eigenvalue weighted by atomic mass is 19.3. The van der Waals surface area contributed by atoms with Crippen LogP contribution in [0.15, 0.2) is 24.3 Å². The first-order valence-corrected chi connectivity index (χ1v) is 6.14. The van der Waals surface area contributed by atoms with E-state index >= 15 is 0 Å². The fourth-order valence-corrected chi connectivity index (χ4v) is 1.92. The summed E-state index contributed by atoms with van der Waals surface area (Å²) >= 11 is 0. The number of carboxylic acids is 1. The molecule has 1 heterocycles. The maximum absolute atomic E-state index is 12.1. The summed E-state index contributed by atoms with van der Waals surface area (Å²) < 4.78 is 29.8. The Morgan fingerprint density at radius 2 is 1.90 bits per heavy atom. The molecule has 1 aromatic carbocycles. The Morgan fingerprint density at radius 1 is 1.29 bits per heavy atom. The van der Waals surface area contributed by atoms with Crippen LogP contribution in [0.2, 0.25) is 0 Å². The molecule has 0 saturated carbocycles. The minimum atomic E-state index is -2.90. The number of carboxylic acid groups (broad SMARTS) is 1. The molecule has 0 atom stereocenters. The Hall–Kier alpha value is -2.51. The molecule has 2 rings (SSSR count). The Labute approximate surface area is 119 Å². The zero-order valence-corrected chi connectivity index (χ0v) is 11.3. The molecule has 1 aromatic heterocycles. The zero-order chi connectivity index (χ0) is 15.6. The molecule has 0 unspecified atom stereocenters. The molecule has 0 aliphatic carbocycles. The van der Waals surface area contributed by atoms with Gasteiger partial charge in [-0.15, -0.1) is 5.10 Å². The van der Waals surface area contributed by atoms with Crippen molar-refractivity contribution in [2.24, 2.45) is 0 Å². The molecular weight excluding hydrogens is 284 g/mol. The summed E-state index contributed by atoms with van der Waals surface area (Å²) in [5.41, 5.74) is 0.822. The molecule has 0 aliphatic heterocycles. The molecule has 0 saturated heterocycles. The molecule has 112 valence electrons. The molecule has 8 heteroatoms. The van der Waals surface area contributed by atoms with Crippen molar-refractivity contribution in [3.05, 3.63) is 35.7 Å². The molecule has 21 heavy (non-hydrogen) atoms. The molecule has 0 radical (unpaired) electrons. The summed E-state index contributed by atoms with van der Waals surface area (Å²) in [6.45, 7) is 0.735. The van der Waals surface area contributed by atoms with Gasteiger partial charge in [0, 0.05) is 0 Å². The van der Waals surface area contributed by atoms with Gasteiger partial charge in [0.05, 0.1) is 11.4 Å². The highest BCUT2D eigenvalue weighted by molar-refractivity contribution is 5.86. The van der Waals surface area contributed by atoms with Crippen molar-refractivity contribution in [2.75, 3.05) is 0 Å². The Balaban J connectivity index is 2.40. The second kappa shape index (κ2) is 5.86. The summed E-state index contributed by atoms with van der Waals surface area (Å²) in [4.78, 5) is 11.1. The van der Waals surface area contributed by atoms with Gasteiger partial charge in [0.15, 0.2) is 5.69 Å². The van der Waals surface area contributed by atoms with Crippen LogP contribution in [-0.4, -0.2) is 32.7 Å². The number of alkyl halides is 2. The van der Waals surface area contributed by atoms with Crippen LogP contribution in [0.4, 0.5) is 8.78 Å². The van der Waals surface area contributed by atoms with Crippen molar-refractivity contribution in [2.45, 2.75) is 26.4 Å². The third kappa shape index (κ3) is 3.15. The lowest BCUT2D eigenvalue weighted by molar-refractivity contribution is -0.0498. The van der Waals surface area contributed by atoms with E-state index in [1.807, 2.05) is 13.8 Å². The maximum Gasteiger partial charge on any atom is 0.387 e. The van der Waals surface area contributed by atoms with Crippen molar-refractivity contribution < 1.29 is 23.4 Å². The topological polar surface area (TPSA) is 77.2 Å². The Bertz CT molecular complexity index is 639. The average Bonchev–Trinajstić information content (AvgIpc) is 2.83. The number of ether oxygens (including phenoxy) is 1. The lowest BCUT2D eigenvalue weighted by atomic mass is 10.1. The van der Waals surface area contributed by atoms with Gasteiger partial charge in [0.1, 0.15) is 5.75 Å². The van der Waals surface area contributed by atoms with E-state index in [0.717, 1.165) is 0 Å². The van der Waals surface area contributed by atoms with Crippen molar-refractivity contribution in [1.82, 2.24) is 15.0 Å². The van der Waals surface area contributed by atoms with Crippen molar-refractivity contribution >= 4 is 5.97 Å². The van der Waals surface area contributed by atoms with E-state index in [9.17, 15) is 13.6 Å². The Morgan fingerprint density at radius 3 is 2.38 bits per heavy atom. The summed E-state index contributed by atoms with van der Waals surface area (Å²) in [5, 5.41) is 16.6. The smallest absolute Gasteiger partial charge is 0.387 e. The summed E-state index contributed by atoms with van der Waals surface area (Å²) in [5.74, 6) is -1.27. The SMILES string of the molecule is CC(C)c1c(C(=O)O)nnn1-c1ccc(OC(F)F)cc1. The molecule has 0 bridgehead atoms. The number of nitrogens with zero attached hydrogens (tertiary/aromatic N) is 3. The zero-order valence-electron chi connectivity index (χ0n) is 11.3. The van der Waals surface area contributed by atoms with Crippen molar-refractivity contribution in [3.8, 4) is 11.4 Å².